The van der Waals surface area contributed by atoms with E-state index in [1.807, 2.05) is 58.0 Å². The highest BCUT2D eigenvalue weighted by Crippen LogP contribution is 2.34. The Labute approximate surface area is 207 Å². The Morgan fingerprint density at radius 2 is 1.97 bits per heavy atom. The van der Waals surface area contributed by atoms with Crippen molar-refractivity contribution in [3.63, 3.8) is 0 Å². The molecule has 0 aliphatic heterocycles. The summed E-state index contributed by atoms with van der Waals surface area (Å²) in [6.07, 6.45) is 4.62. The first kappa shape index (κ1) is 25.1. The number of nitrogens with one attached hydrogen (secondary N) is 1. The lowest BCUT2D eigenvalue weighted by Crippen LogP contribution is -2.32. The van der Waals surface area contributed by atoms with E-state index in [1.54, 1.807) is 16.9 Å². The van der Waals surface area contributed by atoms with Gasteiger partial charge in [0.25, 0.3) is 10.0 Å². The summed E-state index contributed by atoms with van der Waals surface area (Å²) in [6.45, 7) is 6.35. The van der Waals surface area contributed by atoms with Gasteiger partial charge >= 0.3 is 0 Å². The molecule has 35 heavy (non-hydrogen) atoms. The molecule has 3 aromatic rings. The molecule has 1 aliphatic rings. The molecule has 4 rings (SSSR count). The lowest BCUT2D eigenvalue weighted by molar-refractivity contribution is -0.118. The summed E-state index contributed by atoms with van der Waals surface area (Å²) in [5.41, 5.74) is 6.86. The predicted octanol–water partition coefficient (Wildman–Crippen LogP) is 3.43. The Kier molecular flexibility index (Phi) is 7.10. The molecular formula is C26H33N5O3S. The molecule has 1 atom stereocenters. The summed E-state index contributed by atoms with van der Waals surface area (Å²) in [5.74, 6) is -0.564. The Balaban J connectivity index is 1.63. The number of fused-ring (bicyclic) bond motifs is 1. The molecule has 9 heteroatoms. The van der Waals surface area contributed by atoms with Crippen LogP contribution in [0.2, 0.25) is 0 Å². The quantitative estimate of drug-likeness (QED) is 0.514. The maximum Gasteiger partial charge on any atom is 0.283 e. The molecule has 8 nitrogen and oxygen atoms in total. The topological polar surface area (TPSA) is 97.2 Å². The molecule has 1 aliphatic carbocycles. The maximum absolute atomic E-state index is 13.1. The van der Waals surface area contributed by atoms with Crippen molar-refractivity contribution in [3.8, 4) is 11.1 Å². The Bertz CT molecular complexity index is 1360. The van der Waals surface area contributed by atoms with Crippen LogP contribution in [0.1, 0.15) is 54.4 Å². The van der Waals surface area contributed by atoms with Gasteiger partial charge in [-0.15, -0.1) is 0 Å². The first-order valence-electron chi connectivity index (χ1n) is 12.0. The van der Waals surface area contributed by atoms with Crippen LogP contribution >= 0.6 is 0 Å². The summed E-state index contributed by atoms with van der Waals surface area (Å²) in [7, 11) is -0.260. The number of aryl methyl sites for hydroxylation is 3. The van der Waals surface area contributed by atoms with Crippen molar-refractivity contribution in [1.82, 2.24) is 24.4 Å². The smallest absolute Gasteiger partial charge is 0.283 e. The van der Waals surface area contributed by atoms with Crippen LogP contribution in [-0.4, -0.2) is 48.1 Å². The normalized spacial score (nSPS) is 14.2. The summed E-state index contributed by atoms with van der Waals surface area (Å²) < 4.78 is 30.2. The third-order valence-electron chi connectivity index (χ3n) is 6.76. The average Bonchev–Trinajstić information content (AvgIpc) is 3.46. The number of nitrogens with zero attached hydrogens (tertiary/aromatic N) is 4. The van der Waals surface area contributed by atoms with E-state index >= 15 is 0 Å². The van der Waals surface area contributed by atoms with Gasteiger partial charge in [-0.3, -0.25) is 14.5 Å². The number of aromatic nitrogens is 3. The van der Waals surface area contributed by atoms with Gasteiger partial charge in [-0.25, -0.2) is 4.72 Å². The summed E-state index contributed by atoms with van der Waals surface area (Å²) in [4.78, 5) is 19.4. The molecule has 1 amide bonds. The minimum atomic E-state index is -4.11. The zero-order valence-electron chi connectivity index (χ0n) is 21.0. The number of amides is 1. The lowest BCUT2D eigenvalue weighted by Gasteiger charge is -2.20. The minimum absolute atomic E-state index is 0.0193. The van der Waals surface area contributed by atoms with E-state index in [9.17, 15) is 13.2 Å². The van der Waals surface area contributed by atoms with E-state index in [0.29, 0.717) is 6.54 Å². The lowest BCUT2D eigenvalue weighted by atomic mass is 9.91. The highest BCUT2D eigenvalue weighted by Gasteiger charge is 2.27. The number of sulfonamides is 1. The molecule has 0 spiro atoms. The fourth-order valence-corrected chi connectivity index (χ4v) is 5.68. The van der Waals surface area contributed by atoms with Crippen LogP contribution in [0.5, 0.6) is 0 Å². The Morgan fingerprint density at radius 3 is 2.66 bits per heavy atom. The number of carbonyl (C=O) groups excluding carboxylic acids is 1. The molecule has 0 radical (unpaired) electrons. The molecule has 0 saturated heterocycles. The Hall–Kier alpha value is -3.04. The van der Waals surface area contributed by atoms with Gasteiger partial charge in [-0.2, -0.15) is 13.5 Å². The average molecular weight is 496 g/mol. The number of hydrogen-bond acceptors (Lipinski definition) is 6. The van der Waals surface area contributed by atoms with E-state index in [4.69, 9.17) is 0 Å². The van der Waals surface area contributed by atoms with E-state index < -0.39 is 15.9 Å². The van der Waals surface area contributed by atoms with Gasteiger partial charge in [0.05, 0.1) is 12.1 Å². The number of benzene rings is 1. The predicted molar refractivity (Wildman–Crippen MR) is 135 cm³/mol. The molecule has 186 valence electrons. The monoisotopic (exact) mass is 495 g/mol. The molecule has 0 bridgehead atoms. The van der Waals surface area contributed by atoms with E-state index in [0.717, 1.165) is 52.9 Å². The van der Waals surface area contributed by atoms with Gasteiger partial charge in [-0.1, -0.05) is 12.1 Å². The van der Waals surface area contributed by atoms with Crippen molar-refractivity contribution in [3.05, 3.63) is 64.6 Å². The zero-order chi connectivity index (χ0) is 25.3. The van der Waals surface area contributed by atoms with Gasteiger partial charge in [-0.05, 0) is 94.1 Å². The van der Waals surface area contributed by atoms with Gasteiger partial charge < -0.3 is 4.90 Å². The molecule has 1 N–H and O–H groups in total. The van der Waals surface area contributed by atoms with Crippen LogP contribution in [0, 0.1) is 6.92 Å². The van der Waals surface area contributed by atoms with Gasteiger partial charge in [0.15, 0.2) is 5.03 Å². The minimum Gasteiger partial charge on any atom is -0.301 e. The van der Waals surface area contributed by atoms with Gasteiger partial charge in [0.2, 0.25) is 5.91 Å². The number of pyridine rings is 1. The second kappa shape index (κ2) is 9.91. The van der Waals surface area contributed by atoms with Gasteiger partial charge in [0.1, 0.15) is 0 Å². The van der Waals surface area contributed by atoms with Crippen LogP contribution in [0.25, 0.3) is 11.1 Å². The largest absolute Gasteiger partial charge is 0.301 e. The second-order valence-electron chi connectivity index (χ2n) is 9.34. The molecule has 1 aromatic carbocycles. The summed E-state index contributed by atoms with van der Waals surface area (Å²) in [6, 6.07) is 9.59. The van der Waals surface area contributed by atoms with E-state index in [2.05, 4.69) is 20.9 Å². The van der Waals surface area contributed by atoms with Crippen molar-refractivity contribution in [1.29, 1.82) is 0 Å². The fourth-order valence-electron chi connectivity index (χ4n) is 4.72. The fraction of sp³-hybridized carbons (Fsp3) is 0.423. The highest BCUT2D eigenvalue weighted by molar-refractivity contribution is 7.90. The number of rotatable bonds is 8. The molecule has 2 aromatic heterocycles. The Morgan fingerprint density at radius 1 is 1.20 bits per heavy atom. The maximum atomic E-state index is 13.1. The second-order valence-corrected chi connectivity index (χ2v) is 11.0. The summed E-state index contributed by atoms with van der Waals surface area (Å²) >= 11 is 0. The first-order chi connectivity index (χ1) is 16.6. The van der Waals surface area contributed by atoms with Crippen LogP contribution in [0.3, 0.4) is 0 Å². The SMILES string of the molecule is CCn1nc(S(=O)(=O)NC(=O)Cc2c(-c3ccnc(C)c3)ccc3c2CCC3)cc1C(C)N(C)C. The molecule has 1 unspecified atom stereocenters. The van der Waals surface area contributed by atoms with Crippen LogP contribution < -0.4 is 4.72 Å². The van der Waals surface area contributed by atoms with Crippen molar-refractivity contribution in [2.24, 2.45) is 0 Å². The van der Waals surface area contributed by atoms with Crippen molar-refractivity contribution >= 4 is 15.9 Å². The van der Waals surface area contributed by atoms with Crippen molar-refractivity contribution in [2.75, 3.05) is 14.1 Å². The molecule has 0 saturated carbocycles. The zero-order valence-corrected chi connectivity index (χ0v) is 21.8. The third-order valence-corrected chi connectivity index (χ3v) is 8.01. The molecule has 0 fully saturated rings. The van der Waals surface area contributed by atoms with E-state index in [1.165, 1.54) is 5.56 Å². The van der Waals surface area contributed by atoms with E-state index in [-0.39, 0.29) is 17.5 Å². The third kappa shape index (κ3) is 5.16. The number of hydrogen-bond donors (Lipinski definition) is 1. The number of carbonyl (C=O) groups is 1. The first-order valence-corrected chi connectivity index (χ1v) is 13.5. The summed E-state index contributed by atoms with van der Waals surface area (Å²) in [5, 5.41) is 4.14. The standard InChI is InChI=1S/C26H33N5O3S/c1-6-31-24(18(3)30(4)5)16-26(28-31)35(33,34)29-25(32)15-23-21-9-7-8-19(21)10-11-22(23)20-12-13-27-17(2)14-20/h10-14,16,18H,6-9,15H2,1-5H3,(H,29,32). The van der Waals surface area contributed by atoms with Gasteiger partial charge in [0, 0.05) is 30.5 Å². The molecule has 2 heterocycles. The van der Waals surface area contributed by atoms with Crippen molar-refractivity contribution < 1.29 is 13.2 Å². The van der Waals surface area contributed by atoms with Crippen LogP contribution in [0.15, 0.2) is 41.6 Å². The highest BCUT2D eigenvalue weighted by atomic mass is 32.2. The van der Waals surface area contributed by atoms with Crippen LogP contribution in [0.4, 0.5) is 0 Å². The van der Waals surface area contributed by atoms with Crippen molar-refractivity contribution in [2.45, 2.75) is 64.1 Å². The molecular weight excluding hydrogens is 462 g/mol. The van der Waals surface area contributed by atoms with Crippen LogP contribution in [-0.2, 0) is 40.6 Å².